The van der Waals surface area contributed by atoms with Crippen LogP contribution in [0.15, 0.2) is 41.0 Å². The summed E-state index contributed by atoms with van der Waals surface area (Å²) in [5.74, 6) is 2.44. The minimum Gasteiger partial charge on any atom is -0.481 e. The smallest absolute Gasteiger partial charge is 0.260 e. The largest absolute Gasteiger partial charge is 0.481 e. The van der Waals surface area contributed by atoms with Crippen molar-refractivity contribution in [2.75, 3.05) is 36.5 Å². The molecular weight excluding hydrogens is 481 g/mol. The monoisotopic (exact) mass is 511 g/mol. The van der Waals surface area contributed by atoms with Crippen LogP contribution in [-0.4, -0.2) is 63.2 Å². The summed E-state index contributed by atoms with van der Waals surface area (Å²) >= 11 is 0. The molecule has 0 radical (unpaired) electrons. The van der Waals surface area contributed by atoms with Gasteiger partial charge >= 0.3 is 0 Å². The molecule has 2 aromatic carbocycles. The SMILES string of the molecule is Cc1cc(N=S2CCCC2)cc2ncnc(Nc3ccc(F)cc3OCC(=O)N3CCC(O)CC3)c12. The van der Waals surface area contributed by atoms with E-state index in [1.807, 2.05) is 13.0 Å². The summed E-state index contributed by atoms with van der Waals surface area (Å²) < 4.78 is 24.7. The standard InChI is InChI=1S/C26H30FN5O3S/c1-17-12-19(31-36-10-2-3-11-36)14-22-25(17)26(29-16-28-22)30-21-5-4-18(27)13-23(21)35-15-24(34)32-8-6-20(33)7-9-32/h4-5,12-14,16,20,33H,2-3,6-11,15H2,1H3,(H,28,29,30). The lowest BCUT2D eigenvalue weighted by Gasteiger charge is -2.29. The van der Waals surface area contributed by atoms with Gasteiger partial charge in [0.2, 0.25) is 0 Å². The van der Waals surface area contributed by atoms with E-state index in [4.69, 9.17) is 9.10 Å². The van der Waals surface area contributed by atoms with Crippen LogP contribution in [0.4, 0.5) is 21.6 Å². The number of rotatable bonds is 6. The van der Waals surface area contributed by atoms with Crippen molar-refractivity contribution in [1.29, 1.82) is 0 Å². The van der Waals surface area contributed by atoms with Crippen LogP contribution in [0.25, 0.3) is 10.9 Å². The van der Waals surface area contributed by atoms with Gasteiger partial charge in [0.15, 0.2) is 6.61 Å². The van der Waals surface area contributed by atoms with Crippen LogP contribution in [0.5, 0.6) is 5.75 Å². The lowest BCUT2D eigenvalue weighted by molar-refractivity contribution is -0.135. The molecule has 0 aliphatic carbocycles. The molecule has 5 rings (SSSR count). The number of aliphatic hydroxyl groups is 1. The topological polar surface area (TPSA) is 99.9 Å². The molecule has 0 atom stereocenters. The number of amides is 1. The van der Waals surface area contributed by atoms with Crippen molar-refractivity contribution in [3.05, 3.63) is 48.0 Å². The molecule has 190 valence electrons. The number of carbonyl (C=O) groups excluding carboxylic acids is 1. The van der Waals surface area contributed by atoms with Crippen LogP contribution in [0, 0.1) is 12.7 Å². The van der Waals surface area contributed by atoms with Gasteiger partial charge in [-0.15, -0.1) is 0 Å². The number of piperidine rings is 1. The molecule has 2 aliphatic heterocycles. The molecule has 0 spiro atoms. The van der Waals surface area contributed by atoms with E-state index in [0.717, 1.165) is 33.7 Å². The highest BCUT2D eigenvalue weighted by atomic mass is 32.2. The minimum absolute atomic E-state index is 0.0886. The van der Waals surface area contributed by atoms with Gasteiger partial charge < -0.3 is 20.1 Å². The Morgan fingerprint density at radius 1 is 1.22 bits per heavy atom. The maximum absolute atomic E-state index is 14.1. The Kier molecular flexibility index (Phi) is 7.43. The zero-order valence-corrected chi connectivity index (χ0v) is 21.1. The third-order valence-corrected chi connectivity index (χ3v) is 8.52. The maximum Gasteiger partial charge on any atom is 0.260 e. The lowest BCUT2D eigenvalue weighted by Crippen LogP contribution is -2.42. The van der Waals surface area contributed by atoms with Gasteiger partial charge in [-0.25, -0.2) is 18.7 Å². The Hall–Kier alpha value is -3.11. The second kappa shape index (κ2) is 10.9. The number of aromatic nitrogens is 2. The van der Waals surface area contributed by atoms with Crippen molar-refractivity contribution in [2.45, 2.75) is 38.7 Å². The molecule has 2 N–H and O–H groups in total. The Balaban J connectivity index is 1.37. The fourth-order valence-corrected chi connectivity index (χ4v) is 6.46. The number of aliphatic hydroxyl groups excluding tert-OH is 1. The van der Waals surface area contributed by atoms with Gasteiger partial charge in [0.25, 0.3) is 5.91 Å². The average molecular weight is 512 g/mol. The quantitative estimate of drug-likeness (QED) is 0.509. The lowest BCUT2D eigenvalue weighted by atomic mass is 10.1. The van der Waals surface area contributed by atoms with Gasteiger partial charge in [-0.05, 0) is 62.4 Å². The molecule has 8 nitrogen and oxygen atoms in total. The summed E-state index contributed by atoms with van der Waals surface area (Å²) in [6.07, 6.45) is 4.70. The van der Waals surface area contributed by atoms with E-state index in [1.54, 1.807) is 11.0 Å². The average Bonchev–Trinajstić information content (AvgIpc) is 3.37. The molecule has 3 heterocycles. The molecule has 1 amide bonds. The second-order valence-corrected chi connectivity index (χ2v) is 11.1. The summed E-state index contributed by atoms with van der Waals surface area (Å²) in [7, 11) is 0.0886. The van der Waals surface area contributed by atoms with Gasteiger partial charge in [-0.2, -0.15) is 0 Å². The van der Waals surface area contributed by atoms with E-state index in [-0.39, 0.29) is 35.1 Å². The second-order valence-electron chi connectivity index (χ2n) is 9.21. The fraction of sp³-hybridized carbons (Fsp3) is 0.423. The summed E-state index contributed by atoms with van der Waals surface area (Å²) in [4.78, 5) is 23.1. The highest BCUT2D eigenvalue weighted by Crippen LogP contribution is 2.34. The Morgan fingerprint density at radius 3 is 2.78 bits per heavy atom. The van der Waals surface area contributed by atoms with E-state index in [1.165, 1.54) is 31.3 Å². The molecule has 2 saturated heterocycles. The predicted molar refractivity (Wildman–Crippen MR) is 140 cm³/mol. The van der Waals surface area contributed by atoms with Crippen molar-refractivity contribution in [3.63, 3.8) is 0 Å². The molecule has 0 unspecified atom stereocenters. The Labute approximate surface area is 212 Å². The molecular formula is C26H30FN5O3S. The maximum atomic E-state index is 14.1. The number of halogens is 1. The van der Waals surface area contributed by atoms with Crippen LogP contribution < -0.4 is 10.1 Å². The molecule has 0 bridgehead atoms. The minimum atomic E-state index is -0.466. The fourth-order valence-electron chi connectivity index (χ4n) is 4.59. The Morgan fingerprint density at radius 2 is 2.00 bits per heavy atom. The van der Waals surface area contributed by atoms with Crippen LogP contribution in [0.2, 0.25) is 0 Å². The van der Waals surface area contributed by atoms with E-state index < -0.39 is 5.82 Å². The van der Waals surface area contributed by atoms with Gasteiger partial charge in [0.1, 0.15) is 23.7 Å². The normalized spacial score (nSPS) is 16.9. The Bertz CT molecular complexity index is 1300. The van der Waals surface area contributed by atoms with Crippen molar-refractivity contribution in [2.24, 2.45) is 4.36 Å². The number of fused-ring (bicyclic) bond motifs is 1. The van der Waals surface area contributed by atoms with Gasteiger partial charge in [-0.1, -0.05) is 10.7 Å². The molecule has 1 aromatic heterocycles. The van der Waals surface area contributed by atoms with Crippen molar-refractivity contribution >= 4 is 44.7 Å². The van der Waals surface area contributed by atoms with Crippen molar-refractivity contribution in [3.8, 4) is 5.75 Å². The van der Waals surface area contributed by atoms with Crippen molar-refractivity contribution in [1.82, 2.24) is 14.9 Å². The molecule has 3 aromatic rings. The number of anilines is 2. The van der Waals surface area contributed by atoms with E-state index in [2.05, 4.69) is 21.4 Å². The first-order chi connectivity index (χ1) is 17.5. The third-order valence-electron chi connectivity index (χ3n) is 6.53. The number of ether oxygens (including phenoxy) is 1. The predicted octanol–water partition coefficient (Wildman–Crippen LogP) is 4.41. The number of nitrogens with one attached hydrogen (secondary N) is 1. The zero-order chi connectivity index (χ0) is 25.1. The number of likely N-dealkylation sites (tertiary alicyclic amines) is 1. The first-order valence-corrected chi connectivity index (χ1v) is 13.8. The highest BCUT2D eigenvalue weighted by Gasteiger charge is 2.22. The highest BCUT2D eigenvalue weighted by molar-refractivity contribution is 7.87. The van der Waals surface area contributed by atoms with E-state index in [0.29, 0.717) is 37.4 Å². The number of hydrogen-bond donors (Lipinski definition) is 2. The van der Waals surface area contributed by atoms with Crippen molar-refractivity contribution < 1.29 is 19.0 Å². The summed E-state index contributed by atoms with van der Waals surface area (Å²) in [6.45, 7) is 2.76. The summed E-state index contributed by atoms with van der Waals surface area (Å²) in [6, 6.07) is 8.19. The molecule has 0 saturated carbocycles. The number of aryl methyl sites for hydroxylation is 1. The first-order valence-electron chi connectivity index (χ1n) is 12.3. The van der Waals surface area contributed by atoms with E-state index in [9.17, 15) is 14.3 Å². The summed E-state index contributed by atoms with van der Waals surface area (Å²) in [5.41, 5.74) is 3.20. The van der Waals surface area contributed by atoms with Crippen LogP contribution in [0.3, 0.4) is 0 Å². The van der Waals surface area contributed by atoms with Crippen LogP contribution in [-0.2, 0) is 15.5 Å². The van der Waals surface area contributed by atoms with Crippen LogP contribution >= 0.6 is 0 Å². The van der Waals surface area contributed by atoms with Gasteiger partial charge in [0, 0.05) is 36.0 Å². The number of carbonyl (C=O) groups is 1. The number of nitrogens with zero attached hydrogens (tertiary/aromatic N) is 4. The number of hydrogen-bond acceptors (Lipinski definition) is 7. The number of benzene rings is 2. The molecule has 2 fully saturated rings. The summed E-state index contributed by atoms with van der Waals surface area (Å²) in [5, 5.41) is 13.8. The van der Waals surface area contributed by atoms with Crippen LogP contribution in [0.1, 0.15) is 31.2 Å². The molecule has 36 heavy (non-hydrogen) atoms. The third kappa shape index (κ3) is 5.65. The van der Waals surface area contributed by atoms with E-state index >= 15 is 0 Å². The molecule has 10 heteroatoms. The van der Waals surface area contributed by atoms with Gasteiger partial charge in [0.05, 0.1) is 23.0 Å². The van der Waals surface area contributed by atoms with Gasteiger partial charge in [-0.3, -0.25) is 4.79 Å². The zero-order valence-electron chi connectivity index (χ0n) is 20.2. The molecule has 2 aliphatic rings. The first kappa shape index (κ1) is 24.6.